The van der Waals surface area contributed by atoms with Gasteiger partial charge in [-0.05, 0) is 49.6 Å². The van der Waals surface area contributed by atoms with Gasteiger partial charge >= 0.3 is 5.97 Å². The van der Waals surface area contributed by atoms with E-state index in [1.807, 2.05) is 44.4 Å². The van der Waals surface area contributed by atoms with E-state index in [0.717, 1.165) is 29.1 Å². The smallest absolute Gasteiger partial charge is 0.341 e. The van der Waals surface area contributed by atoms with Crippen LogP contribution in [0.3, 0.4) is 0 Å². The van der Waals surface area contributed by atoms with E-state index < -0.39 is 16.0 Å². The van der Waals surface area contributed by atoms with E-state index in [0.29, 0.717) is 17.7 Å². The summed E-state index contributed by atoms with van der Waals surface area (Å²) in [4.78, 5) is 13.1. The summed E-state index contributed by atoms with van der Waals surface area (Å²) < 4.78 is 43.7. The van der Waals surface area contributed by atoms with Crippen LogP contribution in [0.5, 0.6) is 5.75 Å². The predicted molar refractivity (Wildman–Crippen MR) is 149 cm³/mol. The third-order valence-corrected chi connectivity index (χ3v) is 9.43. The molecule has 2 aromatic carbocycles. The summed E-state index contributed by atoms with van der Waals surface area (Å²) in [6.45, 7) is 4.41. The lowest BCUT2D eigenvalue weighted by molar-refractivity contribution is 0.0525. The van der Waals surface area contributed by atoms with Gasteiger partial charge in [0.05, 0.1) is 36.4 Å². The maximum absolute atomic E-state index is 13.7. The van der Waals surface area contributed by atoms with Crippen LogP contribution >= 0.6 is 0 Å². The number of sulfonamides is 1. The second-order valence-electron chi connectivity index (χ2n) is 10.4. The van der Waals surface area contributed by atoms with Gasteiger partial charge in [-0.15, -0.1) is 5.10 Å². The molecular weight excluding hydrogens is 544 g/mol. The van der Waals surface area contributed by atoms with Gasteiger partial charge in [0, 0.05) is 31.6 Å². The standard InChI is InChI=1S/C29H32N6O5S/c1-4-21-17-34(41(37,38)27-12-7-6-11-26(27)40-21)16-19-9-8-10-20(13-19)35-28(24(15-30-35)29(36)39-5-2)23-14-22(23)25-18-33(3)32-31-25/h6-13,15,18,21-23H,4-5,14,16-17H2,1-3H3/t21-,22?,23?/m1/s1. The van der Waals surface area contributed by atoms with Crippen molar-refractivity contribution in [3.63, 3.8) is 0 Å². The summed E-state index contributed by atoms with van der Waals surface area (Å²) in [6, 6.07) is 14.4. The Kier molecular flexibility index (Phi) is 7.12. The van der Waals surface area contributed by atoms with Crippen molar-refractivity contribution < 1.29 is 22.7 Å². The molecular formula is C29H32N6O5S. The van der Waals surface area contributed by atoms with Crippen LogP contribution in [0.4, 0.5) is 0 Å². The van der Waals surface area contributed by atoms with Crippen LogP contribution in [0.25, 0.3) is 5.69 Å². The fourth-order valence-electron chi connectivity index (χ4n) is 5.44. The normalized spacial score (nSPS) is 21.5. The van der Waals surface area contributed by atoms with E-state index in [9.17, 15) is 13.2 Å². The summed E-state index contributed by atoms with van der Waals surface area (Å²) in [6.07, 6.45) is 4.64. The molecule has 6 rings (SSSR count). The minimum atomic E-state index is -3.79. The number of carbonyl (C=O) groups is 1. The molecule has 3 atom stereocenters. The highest BCUT2D eigenvalue weighted by Gasteiger charge is 2.46. The predicted octanol–water partition coefficient (Wildman–Crippen LogP) is 3.81. The highest BCUT2D eigenvalue weighted by molar-refractivity contribution is 7.89. The van der Waals surface area contributed by atoms with Gasteiger partial charge in [-0.2, -0.15) is 9.40 Å². The molecule has 1 fully saturated rings. The molecule has 0 N–H and O–H groups in total. The number of hydrogen-bond donors (Lipinski definition) is 0. The number of carbonyl (C=O) groups excluding carboxylic acids is 1. The fraction of sp³-hybridized carbons (Fsp3) is 0.379. The molecule has 4 aromatic rings. The van der Waals surface area contributed by atoms with Crippen molar-refractivity contribution in [3.05, 3.63) is 83.4 Å². The summed E-state index contributed by atoms with van der Waals surface area (Å²) in [5, 5.41) is 12.9. The number of aryl methyl sites for hydroxylation is 1. The molecule has 0 radical (unpaired) electrons. The van der Waals surface area contributed by atoms with Crippen molar-refractivity contribution in [2.75, 3.05) is 13.2 Å². The van der Waals surface area contributed by atoms with Crippen LogP contribution in [0.15, 0.2) is 65.8 Å². The van der Waals surface area contributed by atoms with Crippen LogP contribution in [-0.2, 0) is 28.4 Å². The van der Waals surface area contributed by atoms with Crippen molar-refractivity contribution in [1.29, 1.82) is 0 Å². The Morgan fingerprint density at radius 2 is 1.95 bits per heavy atom. The monoisotopic (exact) mass is 576 g/mol. The van der Waals surface area contributed by atoms with Crippen LogP contribution in [0, 0.1) is 0 Å². The summed E-state index contributed by atoms with van der Waals surface area (Å²) in [7, 11) is -1.96. The molecule has 1 aliphatic carbocycles. The van der Waals surface area contributed by atoms with E-state index in [1.54, 1.807) is 46.7 Å². The first kappa shape index (κ1) is 27.2. The lowest BCUT2D eigenvalue weighted by Gasteiger charge is -2.22. The first-order valence-electron chi connectivity index (χ1n) is 13.8. The van der Waals surface area contributed by atoms with Crippen LogP contribution in [0.1, 0.15) is 65.8 Å². The first-order valence-corrected chi connectivity index (χ1v) is 15.2. The maximum atomic E-state index is 13.7. The summed E-state index contributed by atoms with van der Waals surface area (Å²) in [5.41, 5.74) is 3.57. The Morgan fingerprint density at radius 1 is 1.12 bits per heavy atom. The molecule has 12 heteroatoms. The Morgan fingerprint density at radius 3 is 2.71 bits per heavy atom. The fourth-order valence-corrected chi connectivity index (χ4v) is 7.02. The molecule has 2 unspecified atom stereocenters. The Bertz CT molecular complexity index is 1700. The van der Waals surface area contributed by atoms with Gasteiger partial charge < -0.3 is 9.47 Å². The van der Waals surface area contributed by atoms with Crippen molar-refractivity contribution in [2.45, 2.75) is 56.1 Å². The quantitative estimate of drug-likeness (QED) is 0.290. The van der Waals surface area contributed by atoms with Gasteiger partial charge in [-0.3, -0.25) is 4.68 Å². The van der Waals surface area contributed by atoms with Gasteiger partial charge in [0.2, 0.25) is 10.0 Å². The number of esters is 1. The topological polar surface area (TPSA) is 121 Å². The number of rotatable bonds is 8. The number of para-hydroxylation sites is 1. The average molecular weight is 577 g/mol. The van der Waals surface area contributed by atoms with Crippen molar-refractivity contribution in [1.82, 2.24) is 29.1 Å². The van der Waals surface area contributed by atoms with E-state index in [-0.39, 0.29) is 42.5 Å². The molecule has 3 heterocycles. The zero-order chi connectivity index (χ0) is 28.7. The van der Waals surface area contributed by atoms with Crippen molar-refractivity contribution in [2.24, 2.45) is 7.05 Å². The second kappa shape index (κ2) is 10.7. The zero-order valence-electron chi connectivity index (χ0n) is 23.2. The lowest BCUT2D eigenvalue weighted by atomic mass is 10.1. The van der Waals surface area contributed by atoms with E-state index >= 15 is 0 Å². The van der Waals surface area contributed by atoms with Crippen molar-refractivity contribution in [3.8, 4) is 11.4 Å². The number of aromatic nitrogens is 5. The molecule has 41 heavy (non-hydrogen) atoms. The largest absolute Gasteiger partial charge is 0.488 e. The number of hydrogen-bond acceptors (Lipinski definition) is 8. The number of ether oxygens (including phenoxy) is 2. The highest BCUT2D eigenvalue weighted by Crippen LogP contribution is 2.55. The number of fused-ring (bicyclic) bond motifs is 1. The Labute approximate surface area is 238 Å². The highest BCUT2D eigenvalue weighted by atomic mass is 32.2. The molecule has 0 spiro atoms. The Hall–Kier alpha value is -4.03. The van der Waals surface area contributed by atoms with Crippen LogP contribution < -0.4 is 4.74 Å². The maximum Gasteiger partial charge on any atom is 0.341 e. The van der Waals surface area contributed by atoms with Gasteiger partial charge in [0.1, 0.15) is 22.3 Å². The van der Waals surface area contributed by atoms with Gasteiger partial charge in [0.25, 0.3) is 0 Å². The minimum Gasteiger partial charge on any atom is -0.488 e. The summed E-state index contributed by atoms with van der Waals surface area (Å²) >= 11 is 0. The second-order valence-corrected chi connectivity index (χ2v) is 12.3. The SMILES string of the molecule is CCOC(=O)c1cnn(-c2cccc(CN3C[C@@H](CC)Oc4ccccc4S3(=O)=O)c2)c1C1CC1c1cn(C)nn1. The van der Waals surface area contributed by atoms with E-state index in [4.69, 9.17) is 9.47 Å². The van der Waals surface area contributed by atoms with E-state index in [1.165, 1.54) is 4.31 Å². The average Bonchev–Trinajstić information content (AvgIpc) is 3.45. The zero-order valence-corrected chi connectivity index (χ0v) is 24.0. The lowest BCUT2D eigenvalue weighted by Crippen LogP contribution is -2.36. The molecule has 0 saturated heterocycles. The third-order valence-electron chi connectivity index (χ3n) is 7.58. The first-order chi connectivity index (χ1) is 19.8. The van der Waals surface area contributed by atoms with Crippen LogP contribution in [0.2, 0.25) is 0 Å². The molecule has 1 saturated carbocycles. The number of benzene rings is 2. The molecule has 11 nitrogen and oxygen atoms in total. The molecule has 0 amide bonds. The Balaban J connectivity index is 1.34. The molecule has 214 valence electrons. The van der Waals surface area contributed by atoms with Gasteiger partial charge in [-0.25, -0.2) is 17.9 Å². The summed E-state index contributed by atoms with van der Waals surface area (Å²) in [5.74, 6) is 0.0889. The van der Waals surface area contributed by atoms with Crippen molar-refractivity contribution >= 4 is 16.0 Å². The molecule has 0 bridgehead atoms. The van der Waals surface area contributed by atoms with Gasteiger partial charge in [-0.1, -0.05) is 36.4 Å². The number of nitrogens with zero attached hydrogens (tertiary/aromatic N) is 6. The van der Waals surface area contributed by atoms with Crippen LogP contribution in [-0.4, -0.2) is 62.7 Å². The molecule has 2 aromatic heterocycles. The minimum absolute atomic E-state index is 0.0159. The molecule has 1 aliphatic heterocycles. The van der Waals surface area contributed by atoms with E-state index in [2.05, 4.69) is 15.4 Å². The third kappa shape index (κ3) is 5.13. The van der Waals surface area contributed by atoms with Gasteiger partial charge in [0.15, 0.2) is 0 Å². The molecule has 2 aliphatic rings.